The Morgan fingerprint density at radius 1 is 1.19 bits per heavy atom. The molecule has 1 aliphatic rings. The molecule has 36 heavy (non-hydrogen) atoms. The number of oxazole rings is 1. The van der Waals surface area contributed by atoms with Crippen molar-refractivity contribution in [2.24, 2.45) is 0 Å². The van der Waals surface area contributed by atoms with Gasteiger partial charge >= 0.3 is 0 Å². The third kappa shape index (κ3) is 5.73. The first-order valence-corrected chi connectivity index (χ1v) is 11.9. The number of Topliss-reactive ketones (excluding diaryl/α,β-unsaturated/α-hetero) is 1. The summed E-state index contributed by atoms with van der Waals surface area (Å²) in [6, 6.07) is 12.5. The first kappa shape index (κ1) is 25.0. The lowest BCUT2D eigenvalue weighted by Gasteiger charge is -2.28. The number of carbonyl (C=O) groups excluding carboxylic acids is 3. The Balaban J connectivity index is 1.48. The first-order valence-electron chi connectivity index (χ1n) is 11.9. The molecule has 0 bridgehead atoms. The summed E-state index contributed by atoms with van der Waals surface area (Å²) in [5, 5.41) is 2.83. The maximum absolute atomic E-state index is 12.9. The fraction of sp³-hybridized carbons (Fsp3) is 0.333. The van der Waals surface area contributed by atoms with Gasteiger partial charge in [0, 0.05) is 11.6 Å². The number of anilines is 1. The molecule has 2 amide bonds. The minimum absolute atomic E-state index is 0.000807. The van der Waals surface area contributed by atoms with E-state index in [1.54, 1.807) is 24.3 Å². The molecule has 1 aliphatic heterocycles. The third-order valence-corrected chi connectivity index (χ3v) is 5.97. The van der Waals surface area contributed by atoms with Crippen molar-refractivity contribution in [1.82, 2.24) is 10.3 Å². The molecule has 1 atom stereocenters. The molecule has 0 saturated heterocycles. The lowest BCUT2D eigenvalue weighted by molar-refractivity contribution is -0.121. The number of amides is 2. The number of ketones is 1. The van der Waals surface area contributed by atoms with Crippen molar-refractivity contribution in [3.05, 3.63) is 71.4 Å². The Labute approximate surface area is 209 Å². The predicted molar refractivity (Wildman–Crippen MR) is 132 cm³/mol. The number of aryl methyl sites for hydroxylation is 1. The van der Waals surface area contributed by atoms with Crippen LogP contribution in [-0.2, 0) is 17.8 Å². The monoisotopic (exact) mass is 491 g/mol. The summed E-state index contributed by atoms with van der Waals surface area (Å²) in [5.74, 6) is 0.384. The van der Waals surface area contributed by atoms with Crippen LogP contribution in [0, 0.1) is 0 Å². The smallest absolute Gasteiger partial charge is 0.273 e. The Morgan fingerprint density at radius 3 is 2.81 bits per heavy atom. The molecule has 0 fully saturated rings. The zero-order valence-corrected chi connectivity index (χ0v) is 20.6. The molecule has 9 nitrogen and oxygen atoms in total. The standard InChI is InChI=1S/C27H29N3O6/c1-4-17(3)28-27(33)21-14-36-25(29-21)13-30-22-12-19(9-10-24(22)35-16-26(30)32)23(31)15-34-20-8-6-7-18(5-2)11-20/h6-12,14,17H,4-5,13,15-16H2,1-3H3,(H,28,33). The average Bonchev–Trinajstić information content (AvgIpc) is 3.37. The normalized spacial score (nSPS) is 13.5. The molecule has 9 heteroatoms. The molecule has 3 aromatic rings. The highest BCUT2D eigenvalue weighted by atomic mass is 16.5. The molecule has 0 spiro atoms. The van der Waals surface area contributed by atoms with E-state index in [2.05, 4.69) is 10.3 Å². The van der Waals surface area contributed by atoms with Gasteiger partial charge in [-0.1, -0.05) is 26.0 Å². The predicted octanol–water partition coefficient (Wildman–Crippen LogP) is 3.95. The summed E-state index contributed by atoms with van der Waals surface area (Å²) in [7, 11) is 0. The molecule has 188 valence electrons. The topological polar surface area (TPSA) is 111 Å². The van der Waals surface area contributed by atoms with Gasteiger partial charge in [-0.05, 0) is 55.7 Å². The molecule has 0 aliphatic carbocycles. The van der Waals surface area contributed by atoms with E-state index in [0.717, 1.165) is 18.4 Å². The van der Waals surface area contributed by atoms with Crippen molar-refractivity contribution in [2.45, 2.75) is 46.2 Å². The van der Waals surface area contributed by atoms with Crippen molar-refractivity contribution >= 4 is 23.3 Å². The number of hydrogen-bond donors (Lipinski definition) is 1. The number of aromatic nitrogens is 1. The molecule has 4 rings (SSSR count). The third-order valence-electron chi connectivity index (χ3n) is 5.97. The molecular weight excluding hydrogens is 462 g/mol. The first-order chi connectivity index (χ1) is 17.4. The number of nitrogens with one attached hydrogen (secondary N) is 1. The molecular formula is C27H29N3O6. The van der Waals surface area contributed by atoms with Gasteiger partial charge in [-0.15, -0.1) is 0 Å². The maximum Gasteiger partial charge on any atom is 0.273 e. The number of carbonyl (C=O) groups is 3. The van der Waals surface area contributed by atoms with Crippen LogP contribution in [0.15, 0.2) is 53.1 Å². The van der Waals surface area contributed by atoms with Crippen molar-refractivity contribution in [3.8, 4) is 11.5 Å². The number of ether oxygens (including phenoxy) is 2. The second-order valence-corrected chi connectivity index (χ2v) is 8.57. The van der Waals surface area contributed by atoms with Gasteiger partial charge in [-0.25, -0.2) is 4.98 Å². The zero-order chi connectivity index (χ0) is 25.7. The van der Waals surface area contributed by atoms with Crippen LogP contribution in [-0.4, -0.2) is 41.8 Å². The van der Waals surface area contributed by atoms with E-state index in [4.69, 9.17) is 13.9 Å². The van der Waals surface area contributed by atoms with Gasteiger partial charge in [-0.3, -0.25) is 19.3 Å². The molecule has 0 radical (unpaired) electrons. The van der Waals surface area contributed by atoms with Crippen molar-refractivity contribution in [2.75, 3.05) is 18.1 Å². The second-order valence-electron chi connectivity index (χ2n) is 8.57. The van der Waals surface area contributed by atoms with Crippen LogP contribution in [0.3, 0.4) is 0 Å². The minimum Gasteiger partial charge on any atom is -0.485 e. The van der Waals surface area contributed by atoms with Gasteiger partial charge < -0.3 is 19.2 Å². The van der Waals surface area contributed by atoms with Crippen LogP contribution in [0.5, 0.6) is 11.5 Å². The summed E-state index contributed by atoms with van der Waals surface area (Å²) in [6.07, 6.45) is 2.92. The lowest BCUT2D eigenvalue weighted by atomic mass is 10.1. The Bertz CT molecular complexity index is 1270. The van der Waals surface area contributed by atoms with E-state index >= 15 is 0 Å². The Morgan fingerprint density at radius 2 is 2.03 bits per heavy atom. The van der Waals surface area contributed by atoms with Crippen molar-refractivity contribution in [1.29, 1.82) is 0 Å². The summed E-state index contributed by atoms with van der Waals surface area (Å²) < 4.78 is 16.7. The molecule has 0 saturated carbocycles. The van der Waals surface area contributed by atoms with Crippen molar-refractivity contribution < 1.29 is 28.3 Å². The highest BCUT2D eigenvalue weighted by molar-refractivity contribution is 6.02. The Kier molecular flexibility index (Phi) is 7.68. The Hall–Kier alpha value is -4.14. The van der Waals surface area contributed by atoms with E-state index < -0.39 is 0 Å². The lowest BCUT2D eigenvalue weighted by Crippen LogP contribution is -2.38. The van der Waals surface area contributed by atoms with Gasteiger partial charge in [0.2, 0.25) is 5.89 Å². The van der Waals surface area contributed by atoms with Gasteiger partial charge in [0.25, 0.3) is 11.8 Å². The van der Waals surface area contributed by atoms with E-state index in [1.165, 1.54) is 11.2 Å². The van der Waals surface area contributed by atoms with Crippen LogP contribution in [0.25, 0.3) is 0 Å². The molecule has 1 aromatic heterocycles. The van der Waals surface area contributed by atoms with Crippen LogP contribution in [0.4, 0.5) is 5.69 Å². The number of benzene rings is 2. The fourth-order valence-electron chi connectivity index (χ4n) is 3.66. The van der Waals surface area contributed by atoms with E-state index in [9.17, 15) is 14.4 Å². The highest BCUT2D eigenvalue weighted by Gasteiger charge is 2.28. The second kappa shape index (κ2) is 11.1. The van der Waals surface area contributed by atoms with E-state index in [0.29, 0.717) is 22.7 Å². The maximum atomic E-state index is 12.9. The minimum atomic E-state index is -0.342. The van der Waals surface area contributed by atoms with Gasteiger partial charge in [0.15, 0.2) is 24.7 Å². The van der Waals surface area contributed by atoms with Crippen LogP contribution < -0.4 is 19.7 Å². The average molecular weight is 492 g/mol. The highest BCUT2D eigenvalue weighted by Crippen LogP contribution is 2.34. The summed E-state index contributed by atoms with van der Waals surface area (Å²) in [6.45, 7) is 5.61. The van der Waals surface area contributed by atoms with Gasteiger partial charge in [0.1, 0.15) is 24.3 Å². The van der Waals surface area contributed by atoms with Gasteiger partial charge in [0.05, 0.1) is 5.69 Å². The summed E-state index contributed by atoms with van der Waals surface area (Å²) in [5.41, 5.74) is 2.06. The molecule has 2 heterocycles. The largest absolute Gasteiger partial charge is 0.485 e. The van der Waals surface area contributed by atoms with E-state index in [-0.39, 0.29) is 55.0 Å². The SMILES string of the molecule is CCc1cccc(OCC(=O)c2ccc3c(c2)N(Cc2nc(C(=O)NC(C)CC)co2)C(=O)CO3)c1. The number of nitrogens with zero attached hydrogens (tertiary/aromatic N) is 2. The van der Waals surface area contributed by atoms with Crippen LogP contribution in [0.1, 0.15) is 59.5 Å². The molecule has 1 N–H and O–H groups in total. The molecule has 2 aromatic carbocycles. The number of fused-ring (bicyclic) bond motifs is 1. The number of rotatable bonds is 10. The van der Waals surface area contributed by atoms with Crippen LogP contribution in [0.2, 0.25) is 0 Å². The number of hydrogen-bond acceptors (Lipinski definition) is 7. The zero-order valence-electron chi connectivity index (χ0n) is 20.6. The van der Waals surface area contributed by atoms with Crippen molar-refractivity contribution in [3.63, 3.8) is 0 Å². The molecule has 1 unspecified atom stereocenters. The quantitative estimate of drug-likeness (QED) is 0.428. The fourth-order valence-corrected chi connectivity index (χ4v) is 3.66. The van der Waals surface area contributed by atoms with Crippen LogP contribution >= 0.6 is 0 Å². The van der Waals surface area contributed by atoms with Gasteiger partial charge in [-0.2, -0.15) is 0 Å². The summed E-state index contributed by atoms with van der Waals surface area (Å²) in [4.78, 5) is 43.5. The summed E-state index contributed by atoms with van der Waals surface area (Å²) >= 11 is 0. The van der Waals surface area contributed by atoms with E-state index in [1.807, 2.05) is 39.0 Å².